The van der Waals surface area contributed by atoms with Crippen LogP contribution >= 0.6 is 0 Å². The number of ether oxygens (including phenoxy) is 1. The second-order valence-corrected chi connectivity index (χ2v) is 7.55. The van der Waals surface area contributed by atoms with Crippen LogP contribution in [0.2, 0.25) is 0 Å². The number of rotatable bonds is 3. The van der Waals surface area contributed by atoms with Gasteiger partial charge in [0.2, 0.25) is 15.3 Å². The lowest BCUT2D eigenvalue weighted by Gasteiger charge is -2.11. The molecule has 0 saturated carbocycles. The van der Waals surface area contributed by atoms with Gasteiger partial charge in [0, 0.05) is 13.2 Å². The fourth-order valence-corrected chi connectivity index (χ4v) is 4.00. The molecule has 3 aromatic rings. The smallest absolute Gasteiger partial charge is 0.211 e. The van der Waals surface area contributed by atoms with Gasteiger partial charge in [-0.2, -0.15) is 0 Å². The average Bonchev–Trinajstić information content (AvgIpc) is 2.57. The van der Waals surface area contributed by atoms with Gasteiger partial charge < -0.3 is 9.30 Å². The van der Waals surface area contributed by atoms with Crippen molar-refractivity contribution < 1.29 is 13.2 Å². The molecule has 0 saturated heterocycles. The summed E-state index contributed by atoms with van der Waals surface area (Å²) in [6.07, 6.45) is 1.37. The summed E-state index contributed by atoms with van der Waals surface area (Å²) in [6.45, 7) is 1.87. The molecule has 3 rings (SSSR count). The quantitative estimate of drug-likeness (QED) is 0.733. The highest BCUT2D eigenvalue weighted by molar-refractivity contribution is 7.91. The maximum Gasteiger partial charge on any atom is 0.211 e. The first-order chi connectivity index (χ1) is 11.3. The van der Waals surface area contributed by atoms with E-state index in [-0.39, 0.29) is 9.79 Å². The highest BCUT2D eigenvalue weighted by Gasteiger charge is 2.23. The van der Waals surface area contributed by atoms with E-state index >= 15 is 0 Å². The zero-order valence-electron chi connectivity index (χ0n) is 13.6. The Morgan fingerprint density at radius 2 is 1.71 bits per heavy atom. The van der Waals surface area contributed by atoms with Crippen molar-refractivity contribution in [3.63, 3.8) is 0 Å². The summed E-state index contributed by atoms with van der Waals surface area (Å²) >= 11 is 0. The Kier molecular flexibility index (Phi) is 3.93. The second kappa shape index (κ2) is 5.79. The first-order valence-electron chi connectivity index (χ1n) is 7.34. The highest BCUT2D eigenvalue weighted by atomic mass is 32.2. The van der Waals surface area contributed by atoms with Crippen molar-refractivity contribution in [2.45, 2.75) is 16.7 Å². The summed E-state index contributed by atoms with van der Waals surface area (Å²) in [6, 6.07) is 11.5. The minimum atomic E-state index is -3.89. The Labute approximate surface area is 140 Å². The van der Waals surface area contributed by atoms with Crippen LogP contribution in [0.15, 0.2) is 63.2 Å². The third-order valence-corrected chi connectivity index (χ3v) is 5.75. The molecule has 0 fully saturated rings. The summed E-state index contributed by atoms with van der Waals surface area (Å²) in [4.78, 5) is 12.7. The van der Waals surface area contributed by atoms with Gasteiger partial charge in [0.1, 0.15) is 10.6 Å². The summed E-state index contributed by atoms with van der Waals surface area (Å²) in [5.41, 5.74) is 1.07. The fourth-order valence-electron chi connectivity index (χ4n) is 2.60. The lowest BCUT2D eigenvalue weighted by atomic mass is 10.2. The molecule has 0 unspecified atom stereocenters. The molecule has 24 heavy (non-hydrogen) atoms. The molecule has 0 aliphatic carbocycles. The van der Waals surface area contributed by atoms with Crippen molar-refractivity contribution in [2.24, 2.45) is 7.05 Å². The number of methoxy groups -OCH3 is 1. The van der Waals surface area contributed by atoms with Crippen molar-refractivity contribution in [1.82, 2.24) is 4.57 Å². The number of hydrogen-bond donors (Lipinski definition) is 0. The maximum absolute atomic E-state index is 12.9. The van der Waals surface area contributed by atoms with Crippen LogP contribution in [0.5, 0.6) is 5.75 Å². The second-order valence-electron chi connectivity index (χ2n) is 5.63. The van der Waals surface area contributed by atoms with Crippen molar-refractivity contribution in [1.29, 1.82) is 0 Å². The van der Waals surface area contributed by atoms with Crippen LogP contribution in [0.25, 0.3) is 10.9 Å². The molecule has 124 valence electrons. The topological polar surface area (TPSA) is 65.4 Å². The Morgan fingerprint density at radius 1 is 1.04 bits per heavy atom. The van der Waals surface area contributed by atoms with Crippen molar-refractivity contribution >= 4 is 20.7 Å². The molecule has 0 spiro atoms. The molecule has 0 radical (unpaired) electrons. The van der Waals surface area contributed by atoms with Gasteiger partial charge in [0.05, 0.1) is 22.9 Å². The number of nitrogens with zero attached hydrogens (tertiary/aromatic N) is 1. The van der Waals surface area contributed by atoms with Gasteiger partial charge in [-0.15, -0.1) is 0 Å². The number of fused-ring (bicyclic) bond motifs is 1. The first kappa shape index (κ1) is 16.3. The predicted octanol–water partition coefficient (Wildman–Crippen LogP) is 2.69. The molecule has 0 aliphatic rings. The van der Waals surface area contributed by atoms with Crippen LogP contribution in [-0.4, -0.2) is 20.1 Å². The lowest BCUT2D eigenvalue weighted by Crippen LogP contribution is -2.18. The molecule has 2 aromatic carbocycles. The van der Waals surface area contributed by atoms with E-state index in [1.807, 2.05) is 6.92 Å². The highest BCUT2D eigenvalue weighted by Crippen LogP contribution is 2.23. The molecule has 0 aliphatic heterocycles. The van der Waals surface area contributed by atoms with E-state index in [4.69, 9.17) is 4.74 Å². The number of sulfone groups is 1. The lowest BCUT2D eigenvalue weighted by molar-refractivity contribution is 0.415. The Bertz CT molecular complexity index is 1080. The van der Waals surface area contributed by atoms with Gasteiger partial charge in [-0.25, -0.2) is 8.42 Å². The van der Waals surface area contributed by atoms with Crippen LogP contribution in [0, 0.1) is 6.92 Å². The molecular formula is C18H17NO4S. The molecule has 5 nitrogen and oxygen atoms in total. The van der Waals surface area contributed by atoms with Crippen LogP contribution in [0.4, 0.5) is 0 Å². The van der Waals surface area contributed by atoms with E-state index in [0.29, 0.717) is 16.7 Å². The standard InChI is InChI=1S/C18H17NO4S/c1-12-4-7-14(8-5-12)24(21,22)17-11-19(2)16-9-6-13(23-3)10-15(16)18(17)20/h4-11H,1-3H3. The summed E-state index contributed by atoms with van der Waals surface area (Å²) < 4.78 is 32.5. The number of aryl methyl sites for hydroxylation is 2. The van der Waals surface area contributed by atoms with Gasteiger partial charge in [0.25, 0.3) is 0 Å². The molecule has 0 atom stereocenters. The molecular weight excluding hydrogens is 326 g/mol. The van der Waals surface area contributed by atoms with Gasteiger partial charge in [-0.3, -0.25) is 4.79 Å². The average molecular weight is 343 g/mol. The number of benzene rings is 2. The molecule has 6 heteroatoms. The molecule has 0 bridgehead atoms. The fraction of sp³-hybridized carbons (Fsp3) is 0.167. The van der Waals surface area contributed by atoms with Crippen molar-refractivity contribution in [3.8, 4) is 5.75 Å². The third-order valence-electron chi connectivity index (χ3n) is 3.98. The maximum atomic E-state index is 12.9. The molecule has 1 aromatic heterocycles. The number of aromatic nitrogens is 1. The van der Waals surface area contributed by atoms with E-state index in [2.05, 4.69) is 0 Å². The van der Waals surface area contributed by atoms with Crippen LogP contribution in [0.3, 0.4) is 0 Å². The number of pyridine rings is 1. The van der Waals surface area contributed by atoms with Crippen LogP contribution < -0.4 is 10.2 Å². The van der Waals surface area contributed by atoms with E-state index in [1.165, 1.54) is 25.4 Å². The SMILES string of the molecule is COc1ccc2c(c1)c(=O)c(S(=O)(=O)c1ccc(C)cc1)cn2C. The third kappa shape index (κ3) is 2.59. The van der Waals surface area contributed by atoms with Gasteiger partial charge in [-0.1, -0.05) is 17.7 Å². The van der Waals surface area contributed by atoms with Crippen molar-refractivity contribution in [3.05, 3.63) is 64.4 Å². The van der Waals surface area contributed by atoms with Gasteiger partial charge in [-0.05, 0) is 37.3 Å². The largest absolute Gasteiger partial charge is 0.497 e. The van der Waals surface area contributed by atoms with E-state index in [1.54, 1.807) is 41.9 Å². The number of hydrogen-bond acceptors (Lipinski definition) is 4. The minimum absolute atomic E-state index is 0.104. The predicted molar refractivity (Wildman–Crippen MR) is 92.4 cm³/mol. The Morgan fingerprint density at radius 3 is 2.33 bits per heavy atom. The van der Waals surface area contributed by atoms with Crippen LogP contribution in [-0.2, 0) is 16.9 Å². The minimum Gasteiger partial charge on any atom is -0.497 e. The van der Waals surface area contributed by atoms with E-state index < -0.39 is 15.3 Å². The summed E-state index contributed by atoms with van der Waals surface area (Å²) in [7, 11) is -0.685. The molecule has 0 amide bonds. The molecule has 1 heterocycles. The summed E-state index contributed by atoms with van der Waals surface area (Å²) in [5, 5.41) is 0.310. The monoisotopic (exact) mass is 343 g/mol. The summed E-state index contributed by atoms with van der Waals surface area (Å²) in [5.74, 6) is 0.504. The van der Waals surface area contributed by atoms with Gasteiger partial charge >= 0.3 is 0 Å². The first-order valence-corrected chi connectivity index (χ1v) is 8.82. The van der Waals surface area contributed by atoms with E-state index in [9.17, 15) is 13.2 Å². The zero-order valence-corrected chi connectivity index (χ0v) is 14.4. The van der Waals surface area contributed by atoms with Gasteiger partial charge in [0.15, 0.2) is 0 Å². The molecule has 0 N–H and O–H groups in total. The normalized spacial score (nSPS) is 11.6. The van der Waals surface area contributed by atoms with E-state index in [0.717, 1.165) is 5.56 Å². The Balaban J connectivity index is 2.32. The van der Waals surface area contributed by atoms with Crippen molar-refractivity contribution in [2.75, 3.05) is 7.11 Å². The zero-order chi connectivity index (χ0) is 17.5. The van der Waals surface area contributed by atoms with Crippen LogP contribution in [0.1, 0.15) is 5.56 Å². The Hall–Kier alpha value is -2.60.